The second-order valence-electron chi connectivity index (χ2n) is 8.36. The molecule has 38 heavy (non-hydrogen) atoms. The van der Waals surface area contributed by atoms with Gasteiger partial charge in [-0.1, -0.05) is 36.4 Å². The Morgan fingerprint density at radius 1 is 0.921 bits per heavy atom. The standard InChI is InChI=1S/C29H24O9/c1-33-21-14-18(9-11-20(21)35-24(31)12-8-17-6-4-3-5-7-17)26-23(16-30)36-29-27-19(10-13-25(32)37-27)15-22(34-2)28(29)38-26/h3-15,23,26,30H,16H2,1-2H3/b12-8+/t23-,26-/m1/s1. The molecular weight excluding hydrogens is 492 g/mol. The Kier molecular flexibility index (Phi) is 7.01. The summed E-state index contributed by atoms with van der Waals surface area (Å²) in [7, 11) is 2.93. The van der Waals surface area contributed by atoms with Crippen molar-refractivity contribution >= 4 is 23.0 Å². The lowest BCUT2D eigenvalue weighted by molar-refractivity contribution is -0.129. The zero-order valence-corrected chi connectivity index (χ0v) is 20.6. The summed E-state index contributed by atoms with van der Waals surface area (Å²) in [6.07, 6.45) is 1.34. The number of carbonyl (C=O) groups is 1. The van der Waals surface area contributed by atoms with Crippen molar-refractivity contribution in [1.29, 1.82) is 0 Å². The molecule has 4 aromatic rings. The number of rotatable bonds is 7. The average Bonchev–Trinajstić information content (AvgIpc) is 2.95. The van der Waals surface area contributed by atoms with E-state index in [1.807, 2.05) is 30.3 Å². The van der Waals surface area contributed by atoms with E-state index in [1.165, 1.54) is 26.4 Å². The highest BCUT2D eigenvalue weighted by Gasteiger charge is 2.37. The van der Waals surface area contributed by atoms with E-state index in [0.717, 1.165) is 5.56 Å². The van der Waals surface area contributed by atoms with Crippen LogP contribution in [0.1, 0.15) is 17.2 Å². The summed E-state index contributed by atoms with van der Waals surface area (Å²) in [6, 6.07) is 18.8. The van der Waals surface area contributed by atoms with Gasteiger partial charge < -0.3 is 33.2 Å². The van der Waals surface area contributed by atoms with E-state index < -0.39 is 30.4 Å². The maximum Gasteiger partial charge on any atom is 0.336 e. The van der Waals surface area contributed by atoms with Crippen molar-refractivity contribution < 1.29 is 38.0 Å². The van der Waals surface area contributed by atoms with Crippen molar-refractivity contribution in [2.45, 2.75) is 12.2 Å². The molecule has 0 fully saturated rings. The first-order valence-corrected chi connectivity index (χ1v) is 11.7. The van der Waals surface area contributed by atoms with Crippen LogP contribution in [0.15, 0.2) is 82.0 Å². The minimum Gasteiger partial charge on any atom is -0.493 e. The van der Waals surface area contributed by atoms with Crippen LogP contribution >= 0.6 is 0 Å². The van der Waals surface area contributed by atoms with E-state index in [1.54, 1.807) is 36.4 Å². The highest BCUT2D eigenvalue weighted by atomic mass is 16.6. The number of aliphatic hydroxyl groups is 1. The fourth-order valence-corrected chi connectivity index (χ4v) is 4.16. The lowest BCUT2D eigenvalue weighted by atomic mass is 10.0. The molecule has 2 heterocycles. The number of carbonyl (C=O) groups excluding carboxylic acids is 1. The van der Waals surface area contributed by atoms with Gasteiger partial charge in [-0.2, -0.15) is 0 Å². The average molecular weight is 517 g/mol. The Labute approximate surface area is 217 Å². The summed E-state index contributed by atoms with van der Waals surface area (Å²) >= 11 is 0. The van der Waals surface area contributed by atoms with E-state index >= 15 is 0 Å². The molecule has 1 aromatic heterocycles. The van der Waals surface area contributed by atoms with E-state index in [-0.39, 0.29) is 28.6 Å². The largest absolute Gasteiger partial charge is 0.493 e. The van der Waals surface area contributed by atoms with Gasteiger partial charge in [0.1, 0.15) is 0 Å². The monoisotopic (exact) mass is 516 g/mol. The predicted molar refractivity (Wildman–Crippen MR) is 138 cm³/mol. The maximum absolute atomic E-state index is 12.4. The molecule has 1 aliphatic rings. The molecule has 0 spiro atoms. The number of ether oxygens (including phenoxy) is 5. The number of methoxy groups -OCH3 is 2. The smallest absolute Gasteiger partial charge is 0.336 e. The third-order valence-corrected chi connectivity index (χ3v) is 5.98. The SMILES string of the molecule is COc1cc([C@H]2Oc3c(OC)cc4ccc(=O)oc4c3O[C@@H]2CO)ccc1OC(=O)/C=C/c1ccccc1. The molecule has 194 valence electrons. The van der Waals surface area contributed by atoms with Crippen LogP contribution in [-0.4, -0.2) is 38.0 Å². The quantitative estimate of drug-likeness (QED) is 0.166. The van der Waals surface area contributed by atoms with Crippen LogP contribution in [-0.2, 0) is 4.79 Å². The van der Waals surface area contributed by atoms with Crippen LogP contribution in [0.3, 0.4) is 0 Å². The molecule has 0 saturated heterocycles. The van der Waals surface area contributed by atoms with Gasteiger partial charge in [0.2, 0.25) is 11.5 Å². The Morgan fingerprint density at radius 3 is 2.45 bits per heavy atom. The molecule has 9 nitrogen and oxygen atoms in total. The van der Waals surface area contributed by atoms with Crippen molar-refractivity contribution in [2.75, 3.05) is 20.8 Å². The van der Waals surface area contributed by atoms with Crippen LogP contribution in [0.2, 0.25) is 0 Å². The Hall–Kier alpha value is -4.76. The molecule has 0 amide bonds. The summed E-state index contributed by atoms with van der Waals surface area (Å²) in [5, 5.41) is 10.7. The van der Waals surface area contributed by atoms with Gasteiger partial charge in [-0.15, -0.1) is 0 Å². The fraction of sp³-hybridized carbons (Fsp3) is 0.172. The van der Waals surface area contributed by atoms with Crippen LogP contribution in [0.5, 0.6) is 28.7 Å². The van der Waals surface area contributed by atoms with E-state index in [9.17, 15) is 14.7 Å². The summed E-state index contributed by atoms with van der Waals surface area (Å²) < 4.78 is 34.1. The van der Waals surface area contributed by atoms with E-state index in [0.29, 0.717) is 16.7 Å². The molecule has 0 bridgehead atoms. The second-order valence-corrected chi connectivity index (χ2v) is 8.36. The zero-order chi connectivity index (χ0) is 26.6. The van der Waals surface area contributed by atoms with Gasteiger partial charge in [-0.05, 0) is 35.9 Å². The van der Waals surface area contributed by atoms with Crippen molar-refractivity contribution in [2.24, 2.45) is 0 Å². The Balaban J connectivity index is 1.44. The first-order valence-electron chi connectivity index (χ1n) is 11.7. The Morgan fingerprint density at radius 2 is 1.71 bits per heavy atom. The molecule has 0 radical (unpaired) electrons. The van der Waals surface area contributed by atoms with Gasteiger partial charge in [0.05, 0.1) is 20.8 Å². The van der Waals surface area contributed by atoms with Crippen LogP contribution in [0.4, 0.5) is 0 Å². The van der Waals surface area contributed by atoms with Gasteiger partial charge in [-0.3, -0.25) is 0 Å². The number of benzene rings is 3. The first-order chi connectivity index (χ1) is 18.5. The van der Waals surface area contributed by atoms with E-state index in [2.05, 4.69) is 0 Å². The van der Waals surface area contributed by atoms with Gasteiger partial charge >= 0.3 is 11.6 Å². The zero-order valence-electron chi connectivity index (χ0n) is 20.6. The third-order valence-electron chi connectivity index (χ3n) is 5.98. The molecular formula is C29H24O9. The van der Waals surface area contributed by atoms with Gasteiger partial charge in [0.15, 0.2) is 35.0 Å². The van der Waals surface area contributed by atoms with Crippen molar-refractivity contribution in [1.82, 2.24) is 0 Å². The fourth-order valence-electron chi connectivity index (χ4n) is 4.16. The lowest BCUT2D eigenvalue weighted by Gasteiger charge is -2.34. The second kappa shape index (κ2) is 10.7. The number of hydrogen-bond acceptors (Lipinski definition) is 9. The van der Waals surface area contributed by atoms with Crippen molar-refractivity contribution in [3.05, 3.63) is 94.4 Å². The van der Waals surface area contributed by atoms with Gasteiger partial charge in [0, 0.05) is 23.1 Å². The van der Waals surface area contributed by atoms with Gasteiger partial charge in [0.25, 0.3) is 0 Å². The normalized spacial score (nSPS) is 16.4. The lowest BCUT2D eigenvalue weighted by Crippen LogP contribution is -2.36. The summed E-state index contributed by atoms with van der Waals surface area (Å²) in [5.41, 5.74) is 1.08. The number of esters is 1. The van der Waals surface area contributed by atoms with Gasteiger partial charge in [-0.25, -0.2) is 9.59 Å². The molecule has 3 aromatic carbocycles. The third kappa shape index (κ3) is 4.91. The molecule has 5 rings (SSSR count). The minimum atomic E-state index is -0.852. The number of fused-ring (bicyclic) bond motifs is 3. The Bertz CT molecular complexity index is 1560. The predicted octanol–water partition coefficient (Wildman–Crippen LogP) is 4.30. The summed E-state index contributed by atoms with van der Waals surface area (Å²) in [6.45, 7) is -0.400. The minimum absolute atomic E-state index is 0.162. The first kappa shape index (κ1) is 24.9. The van der Waals surface area contributed by atoms with Crippen molar-refractivity contribution in [3.63, 3.8) is 0 Å². The molecule has 1 aliphatic heterocycles. The molecule has 0 saturated carbocycles. The topological polar surface area (TPSA) is 114 Å². The molecule has 0 unspecified atom stereocenters. The number of aliphatic hydroxyl groups excluding tert-OH is 1. The van der Waals surface area contributed by atoms with Crippen LogP contribution < -0.4 is 29.3 Å². The van der Waals surface area contributed by atoms with Crippen LogP contribution in [0.25, 0.3) is 17.0 Å². The van der Waals surface area contributed by atoms with Crippen molar-refractivity contribution in [3.8, 4) is 28.7 Å². The summed E-state index contributed by atoms with van der Waals surface area (Å²) in [4.78, 5) is 24.2. The van der Waals surface area contributed by atoms with Crippen LogP contribution in [0, 0.1) is 0 Å². The summed E-state index contributed by atoms with van der Waals surface area (Å²) in [5.74, 6) is 0.677. The highest BCUT2D eigenvalue weighted by molar-refractivity contribution is 5.89. The molecule has 9 heteroatoms. The maximum atomic E-state index is 12.4. The molecule has 1 N–H and O–H groups in total. The molecule has 0 aliphatic carbocycles. The van der Waals surface area contributed by atoms with E-state index in [4.69, 9.17) is 28.1 Å². The highest BCUT2D eigenvalue weighted by Crippen LogP contribution is 2.50. The number of hydrogen-bond donors (Lipinski definition) is 1. The molecule has 2 atom stereocenters.